The number of carboxylic acids is 1. The molecule has 0 aromatic heterocycles. The lowest BCUT2D eigenvalue weighted by atomic mass is 9.98. The van der Waals surface area contributed by atoms with Crippen LogP contribution in [0.15, 0.2) is 48.5 Å². The molecule has 0 spiro atoms. The van der Waals surface area contributed by atoms with Crippen LogP contribution in [0.1, 0.15) is 5.56 Å². The first-order valence-corrected chi connectivity index (χ1v) is 6.14. The standard InChI is InChI=1S/C16H12O4/c17-16(18)7-6-12-8-14-15(20-10-19-14)9-13(12)11-4-2-1-3-5-11/h1-9H,10H2,(H,17,18)/b7-6+. The van der Waals surface area contributed by atoms with E-state index in [0.29, 0.717) is 11.5 Å². The first-order chi connectivity index (χ1) is 9.74. The second kappa shape index (κ2) is 5.09. The number of rotatable bonds is 3. The van der Waals surface area contributed by atoms with Crippen LogP contribution in [0.5, 0.6) is 11.5 Å². The summed E-state index contributed by atoms with van der Waals surface area (Å²) >= 11 is 0. The van der Waals surface area contributed by atoms with Crippen molar-refractivity contribution in [3.05, 3.63) is 54.1 Å². The maximum Gasteiger partial charge on any atom is 0.328 e. The van der Waals surface area contributed by atoms with E-state index in [1.807, 2.05) is 36.4 Å². The van der Waals surface area contributed by atoms with Gasteiger partial charge >= 0.3 is 5.97 Å². The van der Waals surface area contributed by atoms with Gasteiger partial charge in [0.25, 0.3) is 0 Å². The lowest BCUT2D eigenvalue weighted by Gasteiger charge is -2.08. The minimum absolute atomic E-state index is 0.190. The number of benzene rings is 2. The largest absolute Gasteiger partial charge is 0.478 e. The minimum Gasteiger partial charge on any atom is -0.478 e. The van der Waals surface area contributed by atoms with E-state index in [4.69, 9.17) is 14.6 Å². The summed E-state index contributed by atoms with van der Waals surface area (Å²) in [5, 5.41) is 8.79. The highest BCUT2D eigenvalue weighted by molar-refractivity contribution is 5.88. The smallest absolute Gasteiger partial charge is 0.328 e. The number of carboxylic acid groups (broad SMARTS) is 1. The number of hydrogen-bond acceptors (Lipinski definition) is 3. The highest BCUT2D eigenvalue weighted by atomic mass is 16.7. The maximum atomic E-state index is 10.7. The van der Waals surface area contributed by atoms with E-state index < -0.39 is 5.97 Å². The molecule has 0 saturated carbocycles. The zero-order chi connectivity index (χ0) is 13.9. The molecule has 0 fully saturated rings. The lowest BCUT2D eigenvalue weighted by Crippen LogP contribution is -1.92. The molecule has 20 heavy (non-hydrogen) atoms. The molecule has 4 heteroatoms. The summed E-state index contributed by atoms with van der Waals surface area (Å²) in [5.74, 6) is 0.327. The van der Waals surface area contributed by atoms with E-state index in [1.165, 1.54) is 0 Å². The number of carbonyl (C=O) groups is 1. The van der Waals surface area contributed by atoms with Crippen LogP contribution in [0.3, 0.4) is 0 Å². The van der Waals surface area contributed by atoms with E-state index in [1.54, 1.807) is 12.1 Å². The van der Waals surface area contributed by atoms with Crippen LogP contribution < -0.4 is 9.47 Å². The van der Waals surface area contributed by atoms with Gasteiger partial charge in [-0.2, -0.15) is 0 Å². The van der Waals surface area contributed by atoms with Crippen molar-refractivity contribution in [2.24, 2.45) is 0 Å². The molecule has 0 bridgehead atoms. The van der Waals surface area contributed by atoms with Gasteiger partial charge in [-0.3, -0.25) is 0 Å². The Kier molecular flexibility index (Phi) is 3.13. The molecule has 1 heterocycles. The zero-order valence-electron chi connectivity index (χ0n) is 10.6. The van der Waals surface area contributed by atoms with E-state index in [0.717, 1.165) is 22.8 Å². The van der Waals surface area contributed by atoms with Gasteiger partial charge in [0.05, 0.1) is 0 Å². The monoisotopic (exact) mass is 268 g/mol. The van der Waals surface area contributed by atoms with Crippen molar-refractivity contribution in [3.63, 3.8) is 0 Å². The van der Waals surface area contributed by atoms with Crippen molar-refractivity contribution in [1.29, 1.82) is 0 Å². The molecule has 1 N–H and O–H groups in total. The van der Waals surface area contributed by atoms with E-state index >= 15 is 0 Å². The summed E-state index contributed by atoms with van der Waals surface area (Å²) < 4.78 is 10.7. The molecule has 1 aliphatic rings. The third-order valence-corrected chi connectivity index (χ3v) is 3.04. The Labute approximate surface area is 115 Å². The van der Waals surface area contributed by atoms with Gasteiger partial charge in [-0.1, -0.05) is 30.3 Å². The molecule has 0 atom stereocenters. The number of aliphatic carboxylic acids is 1. The molecule has 0 unspecified atom stereocenters. The highest BCUT2D eigenvalue weighted by Crippen LogP contribution is 2.39. The second-order valence-electron chi connectivity index (χ2n) is 4.33. The van der Waals surface area contributed by atoms with Gasteiger partial charge in [0.2, 0.25) is 6.79 Å². The predicted molar refractivity (Wildman–Crippen MR) is 74.7 cm³/mol. The molecule has 1 aliphatic heterocycles. The summed E-state index contributed by atoms with van der Waals surface area (Å²) in [6, 6.07) is 13.4. The topological polar surface area (TPSA) is 55.8 Å². The van der Waals surface area contributed by atoms with Crippen molar-refractivity contribution in [1.82, 2.24) is 0 Å². The van der Waals surface area contributed by atoms with Crippen LogP contribution in [0, 0.1) is 0 Å². The third kappa shape index (κ3) is 2.36. The Hall–Kier alpha value is -2.75. The SMILES string of the molecule is O=C(O)/C=C/c1cc2c(cc1-c1ccccc1)OCO2. The Bertz CT molecular complexity index is 674. The first kappa shape index (κ1) is 12.3. The lowest BCUT2D eigenvalue weighted by molar-refractivity contribution is -0.131. The van der Waals surface area contributed by atoms with Gasteiger partial charge in [0, 0.05) is 6.08 Å². The van der Waals surface area contributed by atoms with Gasteiger partial charge in [0.15, 0.2) is 11.5 Å². The molecule has 0 saturated heterocycles. The van der Waals surface area contributed by atoms with E-state index in [-0.39, 0.29) is 6.79 Å². The highest BCUT2D eigenvalue weighted by Gasteiger charge is 2.17. The predicted octanol–water partition coefficient (Wildman–Crippen LogP) is 3.18. The summed E-state index contributed by atoms with van der Waals surface area (Å²) in [7, 11) is 0. The summed E-state index contributed by atoms with van der Waals surface area (Å²) in [5.41, 5.74) is 2.69. The molecule has 0 amide bonds. The molecule has 2 aromatic rings. The van der Waals surface area contributed by atoms with Crippen LogP contribution in [0.25, 0.3) is 17.2 Å². The van der Waals surface area contributed by atoms with Crippen molar-refractivity contribution in [3.8, 4) is 22.6 Å². The second-order valence-corrected chi connectivity index (χ2v) is 4.33. The van der Waals surface area contributed by atoms with Gasteiger partial charge in [0.1, 0.15) is 0 Å². The Balaban J connectivity index is 2.13. The molecule has 4 nitrogen and oxygen atoms in total. The molecule has 3 rings (SSSR count). The number of ether oxygens (including phenoxy) is 2. The van der Waals surface area contributed by atoms with Crippen molar-refractivity contribution < 1.29 is 19.4 Å². The summed E-state index contributed by atoms with van der Waals surface area (Å²) in [6.45, 7) is 0.190. The first-order valence-electron chi connectivity index (χ1n) is 6.14. The molecule has 100 valence electrons. The Morgan fingerprint density at radius 1 is 1.10 bits per heavy atom. The fraction of sp³-hybridized carbons (Fsp3) is 0.0625. The van der Waals surface area contributed by atoms with Crippen molar-refractivity contribution >= 4 is 12.0 Å². The van der Waals surface area contributed by atoms with E-state index in [2.05, 4.69) is 0 Å². The molecule has 2 aromatic carbocycles. The van der Waals surface area contributed by atoms with Crippen LogP contribution in [0.2, 0.25) is 0 Å². The average molecular weight is 268 g/mol. The van der Waals surface area contributed by atoms with Crippen LogP contribution in [-0.2, 0) is 4.79 Å². The minimum atomic E-state index is -0.985. The van der Waals surface area contributed by atoms with Crippen LogP contribution in [-0.4, -0.2) is 17.9 Å². The Morgan fingerprint density at radius 3 is 2.50 bits per heavy atom. The van der Waals surface area contributed by atoms with E-state index in [9.17, 15) is 4.79 Å². The molecule has 0 aliphatic carbocycles. The third-order valence-electron chi connectivity index (χ3n) is 3.04. The van der Waals surface area contributed by atoms with Crippen molar-refractivity contribution in [2.45, 2.75) is 0 Å². The number of fused-ring (bicyclic) bond motifs is 1. The van der Waals surface area contributed by atoms with Gasteiger partial charge in [-0.15, -0.1) is 0 Å². The maximum absolute atomic E-state index is 10.7. The van der Waals surface area contributed by atoms with Crippen molar-refractivity contribution in [2.75, 3.05) is 6.79 Å². The van der Waals surface area contributed by atoms with Crippen LogP contribution in [0.4, 0.5) is 0 Å². The average Bonchev–Trinajstić information content (AvgIpc) is 2.92. The molecular formula is C16H12O4. The quantitative estimate of drug-likeness (QED) is 0.869. The Morgan fingerprint density at radius 2 is 1.80 bits per heavy atom. The van der Waals surface area contributed by atoms with Gasteiger partial charge in [-0.25, -0.2) is 4.79 Å². The molecular weight excluding hydrogens is 256 g/mol. The summed E-state index contributed by atoms with van der Waals surface area (Å²) in [6.07, 6.45) is 2.68. The van der Waals surface area contributed by atoms with Crippen LogP contribution >= 0.6 is 0 Å². The van der Waals surface area contributed by atoms with Gasteiger partial charge in [-0.05, 0) is 34.9 Å². The summed E-state index contributed by atoms with van der Waals surface area (Å²) in [4.78, 5) is 10.7. The normalized spacial score (nSPS) is 12.8. The fourth-order valence-electron chi connectivity index (χ4n) is 2.12. The van der Waals surface area contributed by atoms with Gasteiger partial charge < -0.3 is 14.6 Å². The fourth-order valence-corrected chi connectivity index (χ4v) is 2.12. The zero-order valence-corrected chi connectivity index (χ0v) is 10.6. The number of hydrogen-bond donors (Lipinski definition) is 1. The molecule has 0 radical (unpaired) electrons.